The first-order valence-corrected chi connectivity index (χ1v) is 11.6. The Morgan fingerprint density at radius 1 is 1.00 bits per heavy atom. The van der Waals surface area contributed by atoms with Crippen molar-refractivity contribution in [3.63, 3.8) is 0 Å². The van der Waals surface area contributed by atoms with Gasteiger partial charge in [-0.2, -0.15) is 0 Å². The summed E-state index contributed by atoms with van der Waals surface area (Å²) in [7, 11) is -4.09. The Morgan fingerprint density at radius 3 is 2.74 bits per heavy atom. The second-order valence-electron chi connectivity index (χ2n) is 7.69. The first-order valence-electron chi connectivity index (χ1n) is 10.1. The predicted octanol–water partition coefficient (Wildman–Crippen LogP) is 3.69. The largest absolute Gasteiger partial charge is 0.493 e. The molecule has 1 N–H and O–H groups in total. The lowest BCUT2D eigenvalue weighted by atomic mass is 10.1. The highest BCUT2D eigenvalue weighted by Crippen LogP contribution is 2.32. The fourth-order valence-corrected chi connectivity index (χ4v) is 5.13. The Bertz CT molecular complexity index is 1270. The van der Waals surface area contributed by atoms with Gasteiger partial charge in [0.2, 0.25) is 0 Å². The number of rotatable bonds is 4. The second kappa shape index (κ2) is 7.60. The Labute approximate surface area is 178 Å². The maximum Gasteiger partial charge on any atom is 0.262 e. The summed E-state index contributed by atoms with van der Waals surface area (Å²) >= 11 is 0. The molecule has 0 atom stereocenters. The van der Waals surface area contributed by atoms with Gasteiger partial charge in [-0.1, -0.05) is 6.42 Å². The highest BCUT2D eigenvalue weighted by Gasteiger charge is 2.24. The molecular formula is C21H20F2N4O3S. The molecule has 0 amide bonds. The number of hydrogen-bond acceptors (Lipinski definition) is 5. The van der Waals surface area contributed by atoms with Crippen LogP contribution in [0.15, 0.2) is 35.2 Å². The van der Waals surface area contributed by atoms with Crippen LogP contribution >= 0.6 is 0 Å². The minimum Gasteiger partial charge on any atom is -0.493 e. The van der Waals surface area contributed by atoms with Crippen molar-refractivity contribution >= 4 is 15.7 Å². The monoisotopic (exact) mass is 446 g/mol. The zero-order valence-electron chi connectivity index (χ0n) is 16.6. The van der Waals surface area contributed by atoms with Crippen molar-refractivity contribution in [3.05, 3.63) is 53.4 Å². The number of aryl methyl sites for hydroxylation is 1. The zero-order chi connectivity index (χ0) is 21.6. The van der Waals surface area contributed by atoms with Crippen LogP contribution in [0.4, 0.5) is 14.5 Å². The lowest BCUT2D eigenvalue weighted by Crippen LogP contribution is -2.15. The molecule has 2 aromatic carbocycles. The molecule has 0 unspecified atom stereocenters. The van der Waals surface area contributed by atoms with Gasteiger partial charge in [0.25, 0.3) is 10.0 Å². The Kier molecular flexibility index (Phi) is 4.88. The summed E-state index contributed by atoms with van der Waals surface area (Å²) in [4.78, 5) is -0.0154. The zero-order valence-corrected chi connectivity index (χ0v) is 17.4. The van der Waals surface area contributed by atoms with Crippen molar-refractivity contribution in [2.24, 2.45) is 0 Å². The number of fused-ring (bicyclic) bond motifs is 2. The molecule has 0 saturated carbocycles. The van der Waals surface area contributed by atoms with Gasteiger partial charge in [-0.3, -0.25) is 4.72 Å². The summed E-state index contributed by atoms with van der Waals surface area (Å²) < 4.78 is 64.4. The third kappa shape index (κ3) is 3.65. The standard InChI is InChI=1S/C21H20F2N4O3S/c22-16-12-17(23)18(11-15(16)21-25-24-20-4-2-1-3-8-27(20)21)26-31(28,29)14-5-6-19-13(10-14)7-9-30-19/h5-6,10-12,26H,1-4,7-9H2. The summed E-state index contributed by atoms with van der Waals surface area (Å²) in [6, 6.07) is 6.29. The van der Waals surface area contributed by atoms with Crippen molar-refractivity contribution in [3.8, 4) is 17.1 Å². The molecule has 0 bridgehead atoms. The second-order valence-corrected chi connectivity index (χ2v) is 9.37. The van der Waals surface area contributed by atoms with E-state index in [-0.39, 0.29) is 22.0 Å². The average molecular weight is 446 g/mol. The van der Waals surface area contributed by atoms with E-state index < -0.39 is 21.7 Å². The van der Waals surface area contributed by atoms with Crippen LogP contribution in [0.3, 0.4) is 0 Å². The molecule has 3 aromatic rings. The van der Waals surface area contributed by atoms with Gasteiger partial charge in [-0.15, -0.1) is 10.2 Å². The molecule has 2 aliphatic heterocycles. The van der Waals surface area contributed by atoms with Crippen LogP contribution in [0.2, 0.25) is 0 Å². The van der Waals surface area contributed by atoms with Crippen molar-refractivity contribution in [1.29, 1.82) is 0 Å². The Balaban J connectivity index is 1.52. The number of anilines is 1. The number of ether oxygens (including phenoxy) is 1. The van der Waals surface area contributed by atoms with Crippen LogP contribution in [-0.4, -0.2) is 29.8 Å². The van der Waals surface area contributed by atoms with E-state index in [1.807, 2.05) is 4.57 Å². The topological polar surface area (TPSA) is 86.1 Å². The van der Waals surface area contributed by atoms with Gasteiger partial charge in [0, 0.05) is 25.5 Å². The molecule has 3 heterocycles. The molecule has 0 saturated heterocycles. The number of hydrogen-bond donors (Lipinski definition) is 1. The van der Waals surface area contributed by atoms with Gasteiger partial charge in [0.15, 0.2) is 5.82 Å². The molecule has 0 fully saturated rings. The van der Waals surface area contributed by atoms with E-state index in [0.29, 0.717) is 31.4 Å². The minimum absolute atomic E-state index is 0.00195. The fraction of sp³-hybridized carbons (Fsp3) is 0.333. The van der Waals surface area contributed by atoms with E-state index >= 15 is 0 Å². The lowest BCUT2D eigenvalue weighted by Gasteiger charge is -2.13. The van der Waals surface area contributed by atoms with Gasteiger partial charge in [0.05, 0.1) is 22.8 Å². The van der Waals surface area contributed by atoms with Gasteiger partial charge in [-0.05, 0) is 42.7 Å². The molecule has 31 heavy (non-hydrogen) atoms. The molecule has 10 heteroatoms. The quantitative estimate of drug-likeness (QED) is 0.661. The highest BCUT2D eigenvalue weighted by atomic mass is 32.2. The number of nitrogens with zero attached hydrogens (tertiary/aromatic N) is 3. The normalized spacial score (nSPS) is 15.7. The molecule has 0 aliphatic carbocycles. The van der Waals surface area contributed by atoms with E-state index in [2.05, 4.69) is 14.9 Å². The highest BCUT2D eigenvalue weighted by molar-refractivity contribution is 7.92. The lowest BCUT2D eigenvalue weighted by molar-refractivity contribution is 0.356. The van der Waals surface area contributed by atoms with E-state index in [9.17, 15) is 17.2 Å². The van der Waals surface area contributed by atoms with E-state index in [1.54, 1.807) is 6.07 Å². The van der Waals surface area contributed by atoms with Crippen molar-refractivity contribution in [2.75, 3.05) is 11.3 Å². The summed E-state index contributed by atoms with van der Waals surface area (Å²) in [5.41, 5.74) is 0.426. The molecular weight excluding hydrogens is 426 g/mol. The van der Waals surface area contributed by atoms with Gasteiger partial charge in [-0.25, -0.2) is 17.2 Å². The van der Waals surface area contributed by atoms with E-state index in [0.717, 1.165) is 43.1 Å². The third-order valence-electron chi connectivity index (χ3n) is 5.62. The van der Waals surface area contributed by atoms with Crippen LogP contribution in [0.1, 0.15) is 30.7 Å². The number of aromatic nitrogens is 3. The Morgan fingerprint density at radius 2 is 1.87 bits per heavy atom. The number of sulfonamides is 1. The molecule has 162 valence electrons. The fourth-order valence-electron chi connectivity index (χ4n) is 4.02. The molecule has 0 radical (unpaired) electrons. The average Bonchev–Trinajstić information content (AvgIpc) is 3.30. The third-order valence-corrected chi connectivity index (χ3v) is 6.99. The maximum atomic E-state index is 14.7. The van der Waals surface area contributed by atoms with Crippen LogP contribution in [0, 0.1) is 11.6 Å². The minimum atomic E-state index is -4.09. The van der Waals surface area contributed by atoms with Crippen molar-refractivity contribution in [1.82, 2.24) is 14.8 Å². The van der Waals surface area contributed by atoms with Crippen LogP contribution < -0.4 is 9.46 Å². The molecule has 5 rings (SSSR count). The molecule has 2 aliphatic rings. The van der Waals surface area contributed by atoms with E-state index in [1.165, 1.54) is 12.1 Å². The van der Waals surface area contributed by atoms with Gasteiger partial charge < -0.3 is 9.30 Å². The number of halogens is 2. The summed E-state index contributed by atoms with van der Waals surface area (Å²) in [6.07, 6.45) is 4.25. The van der Waals surface area contributed by atoms with Crippen LogP contribution in [0.5, 0.6) is 5.75 Å². The van der Waals surface area contributed by atoms with Gasteiger partial charge >= 0.3 is 0 Å². The van der Waals surface area contributed by atoms with Crippen molar-refractivity contribution in [2.45, 2.75) is 43.5 Å². The summed E-state index contributed by atoms with van der Waals surface area (Å²) in [5.74, 6) is -0.176. The number of benzene rings is 2. The first-order chi connectivity index (χ1) is 14.9. The maximum absolute atomic E-state index is 14.7. The summed E-state index contributed by atoms with van der Waals surface area (Å²) in [6.45, 7) is 1.12. The molecule has 1 aromatic heterocycles. The number of nitrogens with one attached hydrogen (secondary N) is 1. The molecule has 7 nitrogen and oxygen atoms in total. The smallest absolute Gasteiger partial charge is 0.262 e. The Hall–Kier alpha value is -3.01. The molecule has 0 spiro atoms. The van der Waals surface area contributed by atoms with Gasteiger partial charge in [0.1, 0.15) is 23.2 Å². The van der Waals surface area contributed by atoms with Crippen molar-refractivity contribution < 1.29 is 21.9 Å². The van der Waals surface area contributed by atoms with Crippen LogP contribution in [-0.2, 0) is 29.4 Å². The van der Waals surface area contributed by atoms with Crippen LogP contribution in [0.25, 0.3) is 11.4 Å². The van der Waals surface area contributed by atoms with E-state index in [4.69, 9.17) is 4.74 Å². The summed E-state index contributed by atoms with van der Waals surface area (Å²) in [5, 5.41) is 8.24. The SMILES string of the molecule is O=S(=O)(Nc1cc(-c2nnc3n2CCCCC3)c(F)cc1F)c1ccc2c(c1)CCO2. The predicted molar refractivity (Wildman–Crippen MR) is 109 cm³/mol. The first kappa shape index (κ1) is 19.9.